The minimum Gasteiger partial charge on any atom is -0.496 e. The first-order chi connectivity index (χ1) is 6.90. The van der Waals surface area contributed by atoms with Crippen molar-refractivity contribution in [3.8, 4) is 5.75 Å². The molecule has 0 aliphatic heterocycles. The molecular formula is C12H13NO. The van der Waals surface area contributed by atoms with E-state index in [2.05, 4.69) is 11.1 Å². The Hall–Kier alpha value is -1.44. The van der Waals surface area contributed by atoms with Gasteiger partial charge in [0, 0.05) is 16.6 Å². The maximum absolute atomic E-state index is 5.39. The molecule has 1 aliphatic carbocycles. The van der Waals surface area contributed by atoms with Crippen molar-refractivity contribution in [2.24, 2.45) is 0 Å². The number of methoxy groups -OCH3 is 1. The van der Waals surface area contributed by atoms with Gasteiger partial charge in [-0.1, -0.05) is 6.07 Å². The number of nitrogens with one attached hydrogen (secondary N) is 1. The predicted octanol–water partition coefficient (Wildman–Crippen LogP) is 2.67. The lowest BCUT2D eigenvalue weighted by molar-refractivity contribution is 0.419. The summed E-state index contributed by atoms with van der Waals surface area (Å²) >= 11 is 0. The number of rotatable bonds is 1. The number of aromatic nitrogens is 1. The molecular weight excluding hydrogens is 174 g/mol. The molecule has 0 radical (unpaired) electrons. The van der Waals surface area contributed by atoms with E-state index in [1.165, 1.54) is 41.4 Å². The molecule has 3 rings (SSSR count). The molecule has 2 aromatic rings. The largest absolute Gasteiger partial charge is 0.496 e. The molecule has 0 saturated heterocycles. The van der Waals surface area contributed by atoms with Crippen LogP contribution in [0.1, 0.15) is 17.7 Å². The molecule has 1 aromatic heterocycles. The lowest BCUT2D eigenvalue weighted by Crippen LogP contribution is -1.85. The zero-order valence-corrected chi connectivity index (χ0v) is 8.26. The molecule has 1 aromatic carbocycles. The van der Waals surface area contributed by atoms with Crippen molar-refractivity contribution in [1.29, 1.82) is 0 Å². The monoisotopic (exact) mass is 187 g/mol. The summed E-state index contributed by atoms with van der Waals surface area (Å²) in [7, 11) is 1.74. The average Bonchev–Trinajstić information content (AvgIpc) is 2.75. The van der Waals surface area contributed by atoms with Crippen LogP contribution >= 0.6 is 0 Å². The number of hydrogen-bond donors (Lipinski definition) is 1. The Bertz CT molecular complexity index is 484. The van der Waals surface area contributed by atoms with Crippen LogP contribution in [0.5, 0.6) is 5.75 Å². The Morgan fingerprint density at radius 2 is 2.21 bits per heavy atom. The first kappa shape index (κ1) is 7.92. The number of fused-ring (bicyclic) bond motifs is 3. The van der Waals surface area contributed by atoms with Crippen LogP contribution in [0.15, 0.2) is 18.2 Å². The summed E-state index contributed by atoms with van der Waals surface area (Å²) < 4.78 is 5.39. The van der Waals surface area contributed by atoms with Crippen LogP contribution in [0.25, 0.3) is 10.9 Å². The van der Waals surface area contributed by atoms with Gasteiger partial charge in [-0.05, 0) is 37.0 Å². The van der Waals surface area contributed by atoms with Gasteiger partial charge in [0.05, 0.1) is 7.11 Å². The van der Waals surface area contributed by atoms with E-state index in [9.17, 15) is 0 Å². The van der Waals surface area contributed by atoms with Crippen molar-refractivity contribution in [1.82, 2.24) is 4.98 Å². The van der Waals surface area contributed by atoms with Crippen molar-refractivity contribution in [3.63, 3.8) is 0 Å². The van der Waals surface area contributed by atoms with Gasteiger partial charge in [0.15, 0.2) is 0 Å². The summed E-state index contributed by atoms with van der Waals surface area (Å²) in [6.07, 6.45) is 3.65. The number of aromatic amines is 1. The first-order valence-electron chi connectivity index (χ1n) is 5.06. The Balaban J connectivity index is 2.39. The van der Waals surface area contributed by atoms with Crippen molar-refractivity contribution in [3.05, 3.63) is 29.5 Å². The maximum Gasteiger partial charge on any atom is 0.128 e. The molecule has 0 bridgehead atoms. The van der Waals surface area contributed by atoms with Gasteiger partial charge < -0.3 is 9.72 Å². The van der Waals surface area contributed by atoms with E-state index in [1.54, 1.807) is 7.11 Å². The van der Waals surface area contributed by atoms with E-state index in [0.29, 0.717) is 0 Å². The van der Waals surface area contributed by atoms with Gasteiger partial charge in [-0.3, -0.25) is 0 Å². The Morgan fingerprint density at radius 1 is 1.29 bits per heavy atom. The molecule has 0 amide bonds. The van der Waals surface area contributed by atoms with Crippen LogP contribution in [0.3, 0.4) is 0 Å². The minimum atomic E-state index is 1.00. The second-order valence-electron chi connectivity index (χ2n) is 3.82. The summed E-state index contributed by atoms with van der Waals surface area (Å²) in [5.41, 5.74) is 4.09. The van der Waals surface area contributed by atoms with Gasteiger partial charge >= 0.3 is 0 Å². The molecule has 2 nitrogen and oxygen atoms in total. The van der Waals surface area contributed by atoms with Gasteiger partial charge in [-0.15, -0.1) is 0 Å². The third-order valence-electron chi connectivity index (χ3n) is 3.05. The van der Waals surface area contributed by atoms with Gasteiger partial charge in [0.1, 0.15) is 5.75 Å². The van der Waals surface area contributed by atoms with E-state index in [1.807, 2.05) is 12.1 Å². The lowest BCUT2D eigenvalue weighted by Gasteiger charge is -2.02. The van der Waals surface area contributed by atoms with Gasteiger partial charge in [0.2, 0.25) is 0 Å². The fraction of sp³-hybridized carbons (Fsp3) is 0.333. The van der Waals surface area contributed by atoms with Gasteiger partial charge in [0.25, 0.3) is 0 Å². The van der Waals surface area contributed by atoms with Crippen molar-refractivity contribution >= 4 is 10.9 Å². The van der Waals surface area contributed by atoms with Crippen LogP contribution in [0.2, 0.25) is 0 Å². The maximum atomic E-state index is 5.39. The summed E-state index contributed by atoms with van der Waals surface area (Å²) in [4.78, 5) is 3.47. The number of aryl methyl sites for hydroxylation is 2. The number of H-pyrrole nitrogens is 1. The molecule has 0 atom stereocenters. The van der Waals surface area contributed by atoms with Gasteiger partial charge in [-0.2, -0.15) is 0 Å². The van der Waals surface area contributed by atoms with Crippen LogP contribution in [0.4, 0.5) is 0 Å². The van der Waals surface area contributed by atoms with E-state index < -0.39 is 0 Å². The molecule has 0 unspecified atom stereocenters. The molecule has 72 valence electrons. The molecule has 0 spiro atoms. The molecule has 0 saturated carbocycles. The molecule has 0 fully saturated rings. The summed E-state index contributed by atoms with van der Waals surface area (Å²) in [5.74, 6) is 1.00. The number of hydrogen-bond acceptors (Lipinski definition) is 1. The molecule has 1 aliphatic rings. The SMILES string of the molecule is COc1cccc2[nH]c3c(c12)CCC3. The Morgan fingerprint density at radius 3 is 3.07 bits per heavy atom. The van der Waals surface area contributed by atoms with Crippen molar-refractivity contribution in [2.75, 3.05) is 7.11 Å². The smallest absolute Gasteiger partial charge is 0.128 e. The zero-order chi connectivity index (χ0) is 9.54. The molecule has 2 heteroatoms. The highest BCUT2D eigenvalue weighted by Crippen LogP contribution is 2.35. The number of ether oxygens (including phenoxy) is 1. The van der Waals surface area contributed by atoms with E-state index >= 15 is 0 Å². The standard InChI is InChI=1S/C12H13NO/c1-14-11-7-3-6-10-12(11)8-4-2-5-9(8)13-10/h3,6-7,13H,2,4-5H2,1H3. The van der Waals surface area contributed by atoms with Gasteiger partial charge in [-0.25, -0.2) is 0 Å². The number of benzene rings is 1. The zero-order valence-electron chi connectivity index (χ0n) is 8.26. The summed E-state index contributed by atoms with van der Waals surface area (Å²) in [5, 5.41) is 1.29. The topological polar surface area (TPSA) is 25.0 Å². The van der Waals surface area contributed by atoms with Crippen molar-refractivity contribution < 1.29 is 4.74 Å². The van der Waals surface area contributed by atoms with E-state index in [0.717, 1.165) is 5.75 Å². The van der Waals surface area contributed by atoms with E-state index in [-0.39, 0.29) is 0 Å². The fourth-order valence-corrected chi connectivity index (χ4v) is 2.44. The molecule has 14 heavy (non-hydrogen) atoms. The third-order valence-corrected chi connectivity index (χ3v) is 3.05. The van der Waals surface area contributed by atoms with Crippen LogP contribution in [-0.4, -0.2) is 12.1 Å². The summed E-state index contributed by atoms with van der Waals surface area (Å²) in [6.45, 7) is 0. The first-order valence-corrected chi connectivity index (χ1v) is 5.06. The normalized spacial score (nSPS) is 14.6. The fourth-order valence-electron chi connectivity index (χ4n) is 2.44. The lowest BCUT2D eigenvalue weighted by atomic mass is 10.1. The quantitative estimate of drug-likeness (QED) is 0.729. The third kappa shape index (κ3) is 0.910. The second kappa shape index (κ2) is 2.77. The van der Waals surface area contributed by atoms with Crippen LogP contribution < -0.4 is 4.74 Å². The van der Waals surface area contributed by atoms with Crippen LogP contribution in [-0.2, 0) is 12.8 Å². The minimum absolute atomic E-state index is 1.00. The molecule has 1 N–H and O–H groups in total. The average molecular weight is 187 g/mol. The highest BCUT2D eigenvalue weighted by atomic mass is 16.5. The predicted molar refractivity (Wildman–Crippen MR) is 56.9 cm³/mol. The highest BCUT2D eigenvalue weighted by molar-refractivity contribution is 5.91. The summed E-state index contributed by atoms with van der Waals surface area (Å²) in [6, 6.07) is 6.19. The van der Waals surface area contributed by atoms with Crippen LogP contribution in [0, 0.1) is 0 Å². The van der Waals surface area contributed by atoms with E-state index in [4.69, 9.17) is 4.74 Å². The Labute approximate surface area is 82.9 Å². The Kier molecular flexibility index (Phi) is 1.57. The molecule has 1 heterocycles. The highest BCUT2D eigenvalue weighted by Gasteiger charge is 2.18. The second-order valence-corrected chi connectivity index (χ2v) is 3.82. The van der Waals surface area contributed by atoms with Crippen molar-refractivity contribution in [2.45, 2.75) is 19.3 Å².